The first-order valence-corrected chi connectivity index (χ1v) is 8.25. The van der Waals surface area contributed by atoms with Crippen LogP contribution in [0.5, 0.6) is 0 Å². The highest BCUT2D eigenvalue weighted by molar-refractivity contribution is 5.95. The van der Waals surface area contributed by atoms with E-state index in [1.165, 1.54) is 0 Å². The molecule has 2 heterocycles. The third kappa shape index (κ3) is 3.92. The van der Waals surface area contributed by atoms with E-state index < -0.39 is 0 Å². The molecule has 0 aliphatic carbocycles. The van der Waals surface area contributed by atoms with Crippen molar-refractivity contribution in [3.63, 3.8) is 0 Å². The van der Waals surface area contributed by atoms with Crippen LogP contribution in [0.3, 0.4) is 0 Å². The molecule has 0 spiro atoms. The molecule has 7 heteroatoms. The Balaban J connectivity index is 1.58. The summed E-state index contributed by atoms with van der Waals surface area (Å²) in [6.45, 7) is 4.95. The lowest BCUT2D eigenvalue weighted by molar-refractivity contribution is -0.120. The molecule has 1 aromatic carbocycles. The summed E-state index contributed by atoms with van der Waals surface area (Å²) in [5.41, 5.74) is 1.02. The van der Waals surface area contributed by atoms with Gasteiger partial charge in [-0.3, -0.25) is 9.69 Å². The first kappa shape index (κ1) is 16.9. The normalized spacial score (nSPS) is 16.1. The van der Waals surface area contributed by atoms with Crippen molar-refractivity contribution in [3.05, 3.63) is 48.3 Å². The predicted molar refractivity (Wildman–Crippen MR) is 95.1 cm³/mol. The van der Waals surface area contributed by atoms with E-state index in [1.807, 2.05) is 6.92 Å². The highest BCUT2D eigenvalue weighted by Crippen LogP contribution is 2.16. The summed E-state index contributed by atoms with van der Waals surface area (Å²) in [6, 6.07) is 10.6. The van der Waals surface area contributed by atoms with Crippen molar-refractivity contribution in [1.82, 2.24) is 14.9 Å². The van der Waals surface area contributed by atoms with Crippen LogP contribution in [0, 0.1) is 11.3 Å². The second-order valence-corrected chi connectivity index (χ2v) is 5.89. The van der Waals surface area contributed by atoms with Crippen molar-refractivity contribution in [2.24, 2.45) is 0 Å². The second-order valence-electron chi connectivity index (χ2n) is 5.89. The number of nitrogens with one attached hydrogen (secondary N) is 1. The van der Waals surface area contributed by atoms with Gasteiger partial charge in [-0.2, -0.15) is 5.26 Å². The molecule has 1 unspecified atom stereocenters. The molecule has 1 aliphatic rings. The van der Waals surface area contributed by atoms with E-state index in [2.05, 4.69) is 31.2 Å². The van der Waals surface area contributed by atoms with E-state index >= 15 is 0 Å². The van der Waals surface area contributed by atoms with Crippen LogP contribution in [-0.2, 0) is 4.79 Å². The van der Waals surface area contributed by atoms with E-state index in [9.17, 15) is 4.79 Å². The lowest BCUT2D eigenvalue weighted by atomic mass is 10.1. The summed E-state index contributed by atoms with van der Waals surface area (Å²) in [5.74, 6) is 0.620. The number of amides is 1. The number of hydrogen-bond acceptors (Lipinski definition) is 6. The zero-order valence-corrected chi connectivity index (χ0v) is 14.1. The standard InChI is InChI=1S/C18H20N6O/c1-14(17(25)22-16-6-3-2-5-15(16)13-19)23-9-11-24(12-10-23)18-20-7-4-8-21-18/h2-8,14H,9-12H2,1H3,(H,22,25). The molecular weight excluding hydrogens is 316 g/mol. The van der Waals surface area contributed by atoms with E-state index in [4.69, 9.17) is 5.26 Å². The maximum absolute atomic E-state index is 12.5. The molecule has 128 valence electrons. The molecule has 25 heavy (non-hydrogen) atoms. The van der Waals surface area contributed by atoms with Crippen LogP contribution in [0.2, 0.25) is 0 Å². The van der Waals surface area contributed by atoms with Crippen LogP contribution in [-0.4, -0.2) is 53.0 Å². The largest absolute Gasteiger partial charge is 0.338 e. The minimum absolute atomic E-state index is 0.105. The lowest BCUT2D eigenvalue weighted by Crippen LogP contribution is -2.53. The Morgan fingerprint density at radius 2 is 1.84 bits per heavy atom. The second kappa shape index (κ2) is 7.73. The average molecular weight is 336 g/mol. The molecule has 0 radical (unpaired) electrons. The number of nitrogens with zero attached hydrogens (tertiary/aromatic N) is 5. The smallest absolute Gasteiger partial charge is 0.241 e. The fraction of sp³-hybridized carbons (Fsp3) is 0.333. The summed E-state index contributed by atoms with van der Waals surface area (Å²) >= 11 is 0. The van der Waals surface area contributed by atoms with Crippen molar-refractivity contribution in [3.8, 4) is 6.07 Å². The lowest BCUT2D eigenvalue weighted by Gasteiger charge is -2.37. The van der Waals surface area contributed by atoms with Gasteiger partial charge < -0.3 is 10.2 Å². The molecule has 2 aromatic rings. The molecule has 1 atom stereocenters. The minimum atomic E-state index is -0.273. The Labute approximate surface area is 146 Å². The Kier molecular flexibility index (Phi) is 5.21. The number of aromatic nitrogens is 2. The van der Waals surface area contributed by atoms with Crippen LogP contribution in [0.1, 0.15) is 12.5 Å². The first-order chi connectivity index (χ1) is 12.2. The fourth-order valence-electron chi connectivity index (χ4n) is 2.86. The van der Waals surface area contributed by atoms with Gasteiger partial charge in [0.1, 0.15) is 6.07 Å². The summed E-state index contributed by atoms with van der Waals surface area (Å²) in [7, 11) is 0. The van der Waals surface area contributed by atoms with Crippen LogP contribution < -0.4 is 10.2 Å². The van der Waals surface area contributed by atoms with Crippen molar-refractivity contribution >= 4 is 17.5 Å². The number of nitriles is 1. The number of anilines is 2. The number of para-hydroxylation sites is 1. The van der Waals surface area contributed by atoms with Gasteiger partial charge in [-0.25, -0.2) is 9.97 Å². The summed E-state index contributed by atoms with van der Waals surface area (Å²) in [5, 5.41) is 12.0. The molecule has 3 rings (SSSR count). The van der Waals surface area contributed by atoms with Gasteiger partial charge in [0.15, 0.2) is 0 Å². The van der Waals surface area contributed by atoms with E-state index in [-0.39, 0.29) is 11.9 Å². The maximum atomic E-state index is 12.5. The zero-order valence-electron chi connectivity index (χ0n) is 14.1. The van der Waals surface area contributed by atoms with Gasteiger partial charge in [0, 0.05) is 38.6 Å². The average Bonchev–Trinajstić information content (AvgIpc) is 2.68. The molecule has 0 bridgehead atoms. The van der Waals surface area contributed by atoms with Gasteiger partial charge in [-0.1, -0.05) is 12.1 Å². The molecule has 1 saturated heterocycles. The highest BCUT2D eigenvalue weighted by Gasteiger charge is 2.26. The van der Waals surface area contributed by atoms with E-state index in [0.717, 1.165) is 32.1 Å². The van der Waals surface area contributed by atoms with Crippen LogP contribution in [0.25, 0.3) is 0 Å². The zero-order chi connectivity index (χ0) is 17.6. The van der Waals surface area contributed by atoms with Gasteiger partial charge in [-0.05, 0) is 25.1 Å². The highest BCUT2D eigenvalue weighted by atomic mass is 16.2. The number of piperazine rings is 1. The van der Waals surface area contributed by atoms with E-state index in [1.54, 1.807) is 42.7 Å². The Morgan fingerprint density at radius 3 is 2.52 bits per heavy atom. The molecule has 1 amide bonds. The van der Waals surface area contributed by atoms with Crippen LogP contribution in [0.4, 0.5) is 11.6 Å². The van der Waals surface area contributed by atoms with Crippen molar-refractivity contribution in [1.29, 1.82) is 5.26 Å². The molecule has 1 aromatic heterocycles. The van der Waals surface area contributed by atoms with Crippen LogP contribution >= 0.6 is 0 Å². The van der Waals surface area contributed by atoms with Gasteiger partial charge in [-0.15, -0.1) is 0 Å². The third-order valence-electron chi connectivity index (χ3n) is 4.38. The number of carbonyl (C=O) groups excluding carboxylic acids is 1. The third-order valence-corrected chi connectivity index (χ3v) is 4.38. The minimum Gasteiger partial charge on any atom is -0.338 e. The molecule has 1 aliphatic heterocycles. The molecule has 1 N–H and O–H groups in total. The first-order valence-electron chi connectivity index (χ1n) is 8.25. The Hall–Kier alpha value is -2.98. The van der Waals surface area contributed by atoms with Crippen molar-refractivity contribution in [2.45, 2.75) is 13.0 Å². The Morgan fingerprint density at radius 1 is 1.16 bits per heavy atom. The number of hydrogen-bond donors (Lipinski definition) is 1. The Bertz CT molecular complexity index is 765. The number of rotatable bonds is 4. The van der Waals surface area contributed by atoms with Gasteiger partial charge in [0.05, 0.1) is 17.3 Å². The summed E-state index contributed by atoms with van der Waals surface area (Å²) < 4.78 is 0. The van der Waals surface area contributed by atoms with Gasteiger partial charge >= 0.3 is 0 Å². The quantitative estimate of drug-likeness (QED) is 0.911. The van der Waals surface area contributed by atoms with Gasteiger partial charge in [0.2, 0.25) is 11.9 Å². The molecular formula is C18H20N6O. The number of benzene rings is 1. The van der Waals surface area contributed by atoms with Crippen molar-refractivity contribution in [2.75, 3.05) is 36.4 Å². The summed E-state index contributed by atoms with van der Waals surface area (Å²) in [6.07, 6.45) is 3.47. The molecule has 7 nitrogen and oxygen atoms in total. The van der Waals surface area contributed by atoms with E-state index in [0.29, 0.717) is 11.3 Å². The molecule has 1 fully saturated rings. The number of carbonyl (C=O) groups is 1. The SMILES string of the molecule is CC(C(=O)Nc1ccccc1C#N)N1CCN(c2ncccn2)CC1. The fourth-order valence-corrected chi connectivity index (χ4v) is 2.86. The molecule has 0 saturated carbocycles. The monoisotopic (exact) mass is 336 g/mol. The topological polar surface area (TPSA) is 85.2 Å². The van der Waals surface area contributed by atoms with Gasteiger partial charge in [0.25, 0.3) is 0 Å². The van der Waals surface area contributed by atoms with Crippen LogP contribution in [0.15, 0.2) is 42.7 Å². The maximum Gasteiger partial charge on any atom is 0.241 e. The van der Waals surface area contributed by atoms with Crippen molar-refractivity contribution < 1.29 is 4.79 Å². The predicted octanol–water partition coefficient (Wildman–Crippen LogP) is 1.50. The summed E-state index contributed by atoms with van der Waals surface area (Å²) in [4.78, 5) is 25.3.